The molecule has 0 aromatic heterocycles. The summed E-state index contributed by atoms with van der Waals surface area (Å²) in [5, 5.41) is 8.82. The zero-order chi connectivity index (χ0) is 11.3. The molecule has 5 heteroatoms. The van der Waals surface area contributed by atoms with E-state index < -0.39 is 5.97 Å². The van der Waals surface area contributed by atoms with E-state index in [-0.39, 0.29) is 18.1 Å². The fourth-order valence-electron chi connectivity index (χ4n) is 1.06. The highest BCUT2D eigenvalue weighted by molar-refractivity contribution is 5.91. The molecule has 1 N–H and O–H groups in total. The first-order valence-corrected chi connectivity index (χ1v) is 4.22. The lowest BCUT2D eigenvalue weighted by atomic mass is 10.2. The zero-order valence-electron chi connectivity index (χ0n) is 8.52. The fraction of sp³-hybridized carbons (Fsp3) is 0.300. The maximum Gasteiger partial charge on any atom is 0.339 e. The van der Waals surface area contributed by atoms with Crippen LogP contribution in [0.25, 0.3) is 0 Å². The first-order valence-electron chi connectivity index (χ1n) is 4.22. The van der Waals surface area contributed by atoms with Crippen LogP contribution in [-0.2, 0) is 4.74 Å². The molecule has 0 heterocycles. The third kappa shape index (κ3) is 2.85. The predicted octanol–water partition coefficient (Wildman–Crippen LogP) is 1.38. The highest BCUT2D eigenvalue weighted by atomic mass is 16.7. The van der Waals surface area contributed by atoms with E-state index in [1.54, 1.807) is 6.07 Å². The summed E-state index contributed by atoms with van der Waals surface area (Å²) in [7, 11) is 2.91. The van der Waals surface area contributed by atoms with Gasteiger partial charge in [-0.1, -0.05) is 0 Å². The van der Waals surface area contributed by atoms with Crippen molar-refractivity contribution < 1.29 is 24.1 Å². The molecule has 0 atom stereocenters. The number of carboxylic acid groups (broad SMARTS) is 1. The van der Waals surface area contributed by atoms with Crippen molar-refractivity contribution >= 4 is 5.97 Å². The van der Waals surface area contributed by atoms with Gasteiger partial charge < -0.3 is 19.3 Å². The molecule has 1 aromatic carbocycles. The molecule has 0 fully saturated rings. The number of hydrogen-bond acceptors (Lipinski definition) is 4. The van der Waals surface area contributed by atoms with Gasteiger partial charge in [0.25, 0.3) is 0 Å². The third-order valence-corrected chi connectivity index (χ3v) is 1.75. The number of benzene rings is 1. The van der Waals surface area contributed by atoms with Crippen molar-refractivity contribution in [3.63, 3.8) is 0 Å². The van der Waals surface area contributed by atoms with Gasteiger partial charge in [-0.15, -0.1) is 0 Å². The van der Waals surface area contributed by atoms with Crippen LogP contribution in [0.4, 0.5) is 0 Å². The van der Waals surface area contributed by atoms with Gasteiger partial charge in [0.15, 0.2) is 6.79 Å². The van der Waals surface area contributed by atoms with Crippen molar-refractivity contribution in [2.75, 3.05) is 21.0 Å². The monoisotopic (exact) mass is 212 g/mol. The molecule has 0 aliphatic carbocycles. The van der Waals surface area contributed by atoms with Gasteiger partial charge in [0.1, 0.15) is 17.1 Å². The second-order valence-corrected chi connectivity index (χ2v) is 2.72. The van der Waals surface area contributed by atoms with Gasteiger partial charge in [0, 0.05) is 13.2 Å². The first-order chi connectivity index (χ1) is 7.19. The largest absolute Gasteiger partial charge is 0.496 e. The van der Waals surface area contributed by atoms with Crippen LogP contribution in [0.1, 0.15) is 10.4 Å². The second kappa shape index (κ2) is 5.21. The van der Waals surface area contributed by atoms with Gasteiger partial charge in [0.2, 0.25) is 0 Å². The van der Waals surface area contributed by atoms with Crippen LogP contribution >= 0.6 is 0 Å². The number of hydrogen-bond donors (Lipinski definition) is 1. The van der Waals surface area contributed by atoms with Crippen molar-refractivity contribution in [1.82, 2.24) is 0 Å². The molecule has 0 amide bonds. The van der Waals surface area contributed by atoms with Crippen LogP contribution in [0.15, 0.2) is 18.2 Å². The molecule has 0 radical (unpaired) electrons. The van der Waals surface area contributed by atoms with Gasteiger partial charge in [0.05, 0.1) is 7.11 Å². The quantitative estimate of drug-likeness (QED) is 0.747. The minimum absolute atomic E-state index is 0.0993. The lowest BCUT2D eigenvalue weighted by molar-refractivity contribution is 0.0509. The first kappa shape index (κ1) is 11.3. The number of carbonyl (C=O) groups is 1. The van der Waals surface area contributed by atoms with Gasteiger partial charge in [-0.05, 0) is 12.1 Å². The van der Waals surface area contributed by atoms with Crippen LogP contribution in [0.2, 0.25) is 0 Å². The van der Waals surface area contributed by atoms with E-state index in [1.165, 1.54) is 26.4 Å². The average Bonchev–Trinajstić information content (AvgIpc) is 2.25. The SMILES string of the molecule is COCOc1ccc(C(=O)O)c(OC)c1. The summed E-state index contributed by atoms with van der Waals surface area (Å²) in [5.41, 5.74) is 0.0993. The summed E-state index contributed by atoms with van der Waals surface area (Å²) in [5.74, 6) is -0.278. The maximum atomic E-state index is 10.8. The van der Waals surface area contributed by atoms with Gasteiger partial charge in [-0.25, -0.2) is 4.79 Å². The van der Waals surface area contributed by atoms with Crippen molar-refractivity contribution in [1.29, 1.82) is 0 Å². The van der Waals surface area contributed by atoms with Crippen molar-refractivity contribution in [3.05, 3.63) is 23.8 Å². The van der Waals surface area contributed by atoms with Gasteiger partial charge in [-0.3, -0.25) is 0 Å². The van der Waals surface area contributed by atoms with E-state index in [0.717, 1.165) is 0 Å². The summed E-state index contributed by atoms with van der Waals surface area (Å²) < 4.78 is 14.8. The van der Waals surface area contributed by atoms with Crippen LogP contribution in [0.5, 0.6) is 11.5 Å². The molecule has 0 saturated carbocycles. The Balaban J connectivity index is 2.92. The fourth-order valence-corrected chi connectivity index (χ4v) is 1.06. The minimum atomic E-state index is -1.04. The molecule has 15 heavy (non-hydrogen) atoms. The average molecular weight is 212 g/mol. The number of rotatable bonds is 5. The van der Waals surface area contributed by atoms with E-state index in [9.17, 15) is 4.79 Å². The van der Waals surface area contributed by atoms with Crippen LogP contribution in [0, 0.1) is 0 Å². The van der Waals surface area contributed by atoms with Crippen molar-refractivity contribution in [3.8, 4) is 11.5 Å². The van der Waals surface area contributed by atoms with Crippen molar-refractivity contribution in [2.45, 2.75) is 0 Å². The smallest absolute Gasteiger partial charge is 0.339 e. The molecule has 1 rings (SSSR count). The summed E-state index contributed by atoms with van der Waals surface area (Å²) in [6.45, 7) is 0.107. The van der Waals surface area contributed by atoms with Crippen molar-refractivity contribution in [2.24, 2.45) is 0 Å². The lowest BCUT2D eigenvalue weighted by Crippen LogP contribution is -2.03. The Morgan fingerprint density at radius 1 is 1.40 bits per heavy atom. The summed E-state index contributed by atoms with van der Waals surface area (Å²) in [4.78, 5) is 10.8. The lowest BCUT2D eigenvalue weighted by Gasteiger charge is -2.08. The Bertz CT molecular complexity index is 348. The highest BCUT2D eigenvalue weighted by Crippen LogP contribution is 2.24. The van der Waals surface area contributed by atoms with Crippen LogP contribution in [-0.4, -0.2) is 32.1 Å². The maximum absolute atomic E-state index is 10.8. The molecular weight excluding hydrogens is 200 g/mol. The molecule has 5 nitrogen and oxygen atoms in total. The van der Waals surface area contributed by atoms with Gasteiger partial charge in [-0.2, -0.15) is 0 Å². The Morgan fingerprint density at radius 3 is 2.67 bits per heavy atom. The molecule has 1 aromatic rings. The summed E-state index contributed by atoms with van der Waals surface area (Å²) in [6, 6.07) is 4.47. The van der Waals surface area contributed by atoms with Crippen LogP contribution in [0.3, 0.4) is 0 Å². The molecule has 0 bridgehead atoms. The topological polar surface area (TPSA) is 65.0 Å². The normalized spacial score (nSPS) is 9.73. The molecule has 82 valence electrons. The Morgan fingerprint density at radius 2 is 2.13 bits per heavy atom. The standard InChI is InChI=1S/C10H12O5/c1-13-6-15-7-3-4-8(10(11)12)9(5-7)14-2/h3-5H,6H2,1-2H3,(H,11,12). The zero-order valence-corrected chi connectivity index (χ0v) is 8.52. The summed E-state index contributed by atoms with van der Waals surface area (Å²) in [6.07, 6.45) is 0. The Labute approximate surface area is 87.2 Å². The van der Waals surface area contributed by atoms with E-state index in [4.69, 9.17) is 19.3 Å². The number of ether oxygens (including phenoxy) is 3. The summed E-state index contributed by atoms with van der Waals surface area (Å²) >= 11 is 0. The molecule has 0 saturated heterocycles. The number of methoxy groups -OCH3 is 2. The third-order valence-electron chi connectivity index (χ3n) is 1.75. The van der Waals surface area contributed by atoms with E-state index in [2.05, 4.69) is 0 Å². The van der Waals surface area contributed by atoms with E-state index >= 15 is 0 Å². The molecule has 0 aliphatic heterocycles. The predicted molar refractivity (Wildman–Crippen MR) is 52.5 cm³/mol. The minimum Gasteiger partial charge on any atom is -0.496 e. The van der Waals surface area contributed by atoms with E-state index in [1.807, 2.05) is 0 Å². The number of aromatic carboxylic acids is 1. The highest BCUT2D eigenvalue weighted by Gasteiger charge is 2.11. The molecular formula is C10H12O5. The molecule has 0 unspecified atom stereocenters. The Hall–Kier alpha value is -1.75. The number of carboxylic acids is 1. The Kier molecular flexibility index (Phi) is 3.93. The van der Waals surface area contributed by atoms with Gasteiger partial charge >= 0.3 is 5.97 Å². The molecule has 0 aliphatic rings. The second-order valence-electron chi connectivity index (χ2n) is 2.72. The molecule has 0 spiro atoms. The van der Waals surface area contributed by atoms with E-state index in [0.29, 0.717) is 5.75 Å². The van der Waals surface area contributed by atoms with Crippen LogP contribution < -0.4 is 9.47 Å².